The molecule has 1 aromatic carbocycles. The van der Waals surface area contributed by atoms with Crippen LogP contribution in [0.25, 0.3) is 0 Å². The minimum Gasteiger partial charge on any atom is -0.493 e. The van der Waals surface area contributed by atoms with Crippen molar-refractivity contribution in [3.8, 4) is 17.2 Å². The van der Waals surface area contributed by atoms with Crippen LogP contribution < -0.4 is 14.2 Å². The van der Waals surface area contributed by atoms with Gasteiger partial charge in [0.15, 0.2) is 11.5 Å². The lowest BCUT2D eigenvalue weighted by Gasteiger charge is -2.23. The Morgan fingerprint density at radius 2 is 1.81 bits per heavy atom. The third kappa shape index (κ3) is 3.01. The smallest absolute Gasteiger partial charge is 0.203 e. The van der Waals surface area contributed by atoms with Crippen LogP contribution in [0.3, 0.4) is 0 Å². The molecule has 3 atom stereocenters. The fourth-order valence-corrected chi connectivity index (χ4v) is 4.25. The Morgan fingerprint density at radius 1 is 1.10 bits per heavy atom. The third-order valence-electron chi connectivity index (χ3n) is 5.00. The maximum atomic E-state index is 6.12. The first-order chi connectivity index (χ1) is 10.2. The Bertz CT molecular complexity index is 478. The molecule has 0 saturated heterocycles. The number of ether oxygens (including phenoxy) is 3. The van der Waals surface area contributed by atoms with Gasteiger partial charge in [0.2, 0.25) is 5.75 Å². The summed E-state index contributed by atoms with van der Waals surface area (Å²) in [4.78, 5) is 0. The molecule has 2 fully saturated rings. The molecule has 2 saturated carbocycles. The van der Waals surface area contributed by atoms with Crippen LogP contribution in [0.1, 0.15) is 31.2 Å². The summed E-state index contributed by atoms with van der Waals surface area (Å²) in [5.41, 5.74) is 1.12. The molecular formula is C17H23BrO3. The van der Waals surface area contributed by atoms with Crippen molar-refractivity contribution in [2.24, 2.45) is 17.8 Å². The first-order valence-corrected chi connectivity index (χ1v) is 8.81. The Hall–Kier alpha value is -0.900. The summed E-state index contributed by atoms with van der Waals surface area (Å²) in [6.07, 6.45) is 5.54. The van der Waals surface area contributed by atoms with Gasteiger partial charge in [0.05, 0.1) is 20.8 Å². The highest BCUT2D eigenvalue weighted by atomic mass is 79.9. The van der Waals surface area contributed by atoms with Crippen molar-refractivity contribution in [2.75, 3.05) is 20.8 Å². The summed E-state index contributed by atoms with van der Waals surface area (Å²) in [6.45, 7) is 0.779. The lowest BCUT2D eigenvalue weighted by molar-refractivity contribution is 0.184. The van der Waals surface area contributed by atoms with Gasteiger partial charge in [-0.2, -0.15) is 0 Å². The summed E-state index contributed by atoms with van der Waals surface area (Å²) in [7, 11) is 3.36. The molecule has 0 aromatic heterocycles. The first-order valence-electron chi connectivity index (χ1n) is 7.68. The van der Waals surface area contributed by atoms with Gasteiger partial charge in [-0.1, -0.05) is 22.4 Å². The molecule has 0 spiro atoms. The van der Waals surface area contributed by atoms with Gasteiger partial charge in [0, 0.05) is 5.33 Å². The lowest BCUT2D eigenvalue weighted by atomic mass is 9.89. The molecule has 3 rings (SSSR count). The van der Waals surface area contributed by atoms with Gasteiger partial charge in [0.1, 0.15) is 0 Å². The van der Waals surface area contributed by atoms with Crippen molar-refractivity contribution in [2.45, 2.75) is 31.0 Å². The molecule has 4 heteroatoms. The van der Waals surface area contributed by atoms with E-state index in [-0.39, 0.29) is 0 Å². The first kappa shape index (κ1) is 15.0. The van der Waals surface area contributed by atoms with Gasteiger partial charge in [-0.15, -0.1) is 0 Å². The summed E-state index contributed by atoms with van der Waals surface area (Å²) in [5, 5.41) is 0.770. The molecule has 21 heavy (non-hydrogen) atoms. The molecule has 1 aromatic rings. The van der Waals surface area contributed by atoms with Gasteiger partial charge in [0.25, 0.3) is 0 Å². The molecule has 0 N–H and O–H groups in total. The Labute approximate surface area is 135 Å². The van der Waals surface area contributed by atoms with Crippen LogP contribution in [-0.2, 0) is 5.33 Å². The van der Waals surface area contributed by atoms with E-state index in [2.05, 4.69) is 15.9 Å². The summed E-state index contributed by atoms with van der Waals surface area (Å²) in [6, 6.07) is 4.01. The number of rotatable bonds is 6. The molecule has 3 nitrogen and oxygen atoms in total. The van der Waals surface area contributed by atoms with Crippen LogP contribution in [0.15, 0.2) is 12.1 Å². The van der Waals surface area contributed by atoms with Gasteiger partial charge in [-0.3, -0.25) is 0 Å². The molecule has 2 bridgehead atoms. The van der Waals surface area contributed by atoms with E-state index in [9.17, 15) is 0 Å². The minimum atomic E-state index is 0.703. The van der Waals surface area contributed by atoms with E-state index >= 15 is 0 Å². The van der Waals surface area contributed by atoms with Crippen molar-refractivity contribution >= 4 is 15.9 Å². The monoisotopic (exact) mass is 354 g/mol. The molecule has 0 heterocycles. The zero-order valence-electron chi connectivity index (χ0n) is 12.7. The number of fused-ring (bicyclic) bond motifs is 2. The second-order valence-electron chi connectivity index (χ2n) is 6.21. The van der Waals surface area contributed by atoms with E-state index < -0.39 is 0 Å². The summed E-state index contributed by atoms with van der Waals surface area (Å²) >= 11 is 3.47. The maximum absolute atomic E-state index is 6.12. The number of benzene rings is 1. The predicted molar refractivity (Wildman–Crippen MR) is 86.6 cm³/mol. The fraction of sp³-hybridized carbons (Fsp3) is 0.647. The van der Waals surface area contributed by atoms with Crippen molar-refractivity contribution < 1.29 is 14.2 Å². The van der Waals surface area contributed by atoms with Crippen molar-refractivity contribution in [1.29, 1.82) is 0 Å². The van der Waals surface area contributed by atoms with Crippen LogP contribution in [0.4, 0.5) is 0 Å². The average molecular weight is 355 g/mol. The van der Waals surface area contributed by atoms with Crippen molar-refractivity contribution in [3.63, 3.8) is 0 Å². The molecule has 0 aliphatic heterocycles. The molecule has 0 amide bonds. The topological polar surface area (TPSA) is 27.7 Å². The van der Waals surface area contributed by atoms with E-state index in [4.69, 9.17) is 14.2 Å². The molecule has 2 aliphatic rings. The van der Waals surface area contributed by atoms with E-state index in [1.54, 1.807) is 14.2 Å². The van der Waals surface area contributed by atoms with Gasteiger partial charge >= 0.3 is 0 Å². The standard InChI is InChI=1S/C17H23BrO3/c1-19-15-7-12(9-18)8-16(20-2)17(15)21-10-14-6-11-3-4-13(14)5-11/h7-8,11,13-14H,3-6,9-10H2,1-2H3. The normalized spacial score (nSPS) is 26.9. The van der Waals surface area contributed by atoms with Crippen LogP contribution in [0, 0.1) is 17.8 Å². The quantitative estimate of drug-likeness (QED) is 0.708. The summed E-state index contributed by atoms with van der Waals surface area (Å²) in [5.74, 6) is 4.78. The maximum Gasteiger partial charge on any atom is 0.203 e. The SMILES string of the molecule is COc1cc(CBr)cc(OC)c1OCC1CC2CCC1C2. The highest BCUT2D eigenvalue weighted by molar-refractivity contribution is 9.08. The fourth-order valence-electron chi connectivity index (χ4n) is 3.92. The van der Waals surface area contributed by atoms with Gasteiger partial charge in [-0.25, -0.2) is 0 Å². The molecule has 116 valence electrons. The van der Waals surface area contributed by atoms with Crippen LogP contribution >= 0.6 is 15.9 Å². The number of alkyl halides is 1. The number of halogens is 1. The van der Waals surface area contributed by atoms with Gasteiger partial charge in [-0.05, 0) is 54.7 Å². The van der Waals surface area contributed by atoms with E-state index in [1.165, 1.54) is 25.7 Å². The molecular weight excluding hydrogens is 332 g/mol. The number of hydrogen-bond acceptors (Lipinski definition) is 3. The highest BCUT2D eigenvalue weighted by Gasteiger charge is 2.39. The minimum absolute atomic E-state index is 0.703. The third-order valence-corrected chi connectivity index (χ3v) is 5.65. The second-order valence-corrected chi connectivity index (χ2v) is 6.77. The van der Waals surface area contributed by atoms with E-state index in [1.807, 2.05) is 12.1 Å². The number of methoxy groups -OCH3 is 2. The Kier molecular flexibility index (Phi) is 4.63. The zero-order chi connectivity index (χ0) is 14.8. The van der Waals surface area contributed by atoms with Crippen molar-refractivity contribution in [1.82, 2.24) is 0 Å². The lowest BCUT2D eigenvalue weighted by Crippen LogP contribution is -2.19. The molecule has 2 aliphatic carbocycles. The van der Waals surface area contributed by atoms with Crippen molar-refractivity contribution in [3.05, 3.63) is 17.7 Å². The average Bonchev–Trinajstić information content (AvgIpc) is 3.14. The predicted octanol–water partition coefficient (Wildman–Crippen LogP) is 4.41. The molecule has 3 unspecified atom stereocenters. The van der Waals surface area contributed by atoms with Crippen LogP contribution in [-0.4, -0.2) is 20.8 Å². The largest absolute Gasteiger partial charge is 0.493 e. The Balaban J connectivity index is 1.74. The number of hydrogen-bond donors (Lipinski definition) is 0. The summed E-state index contributed by atoms with van der Waals surface area (Å²) < 4.78 is 17.1. The second kappa shape index (κ2) is 6.47. The van der Waals surface area contributed by atoms with Crippen LogP contribution in [0.2, 0.25) is 0 Å². The zero-order valence-corrected chi connectivity index (χ0v) is 14.3. The van der Waals surface area contributed by atoms with E-state index in [0.717, 1.165) is 46.6 Å². The highest BCUT2D eigenvalue weighted by Crippen LogP contribution is 2.49. The van der Waals surface area contributed by atoms with Gasteiger partial charge < -0.3 is 14.2 Å². The van der Waals surface area contributed by atoms with Crippen LogP contribution in [0.5, 0.6) is 17.2 Å². The van der Waals surface area contributed by atoms with E-state index in [0.29, 0.717) is 5.92 Å². The Morgan fingerprint density at radius 3 is 2.29 bits per heavy atom. The molecule has 0 radical (unpaired) electrons.